The summed E-state index contributed by atoms with van der Waals surface area (Å²) in [6, 6.07) is 3.52. The number of nitrogens with zero attached hydrogens (tertiary/aromatic N) is 2. The Morgan fingerprint density at radius 3 is 2.62 bits per heavy atom. The van der Waals surface area contributed by atoms with Gasteiger partial charge in [-0.15, -0.1) is 0 Å². The van der Waals surface area contributed by atoms with Gasteiger partial charge in [-0.3, -0.25) is 4.98 Å². The summed E-state index contributed by atoms with van der Waals surface area (Å²) < 4.78 is 38.2. The zero-order valence-corrected chi connectivity index (χ0v) is 11.7. The van der Waals surface area contributed by atoms with E-state index in [4.69, 9.17) is 5.11 Å². The molecule has 0 bridgehead atoms. The molecule has 0 saturated carbocycles. The van der Waals surface area contributed by atoms with Crippen molar-refractivity contribution < 1.29 is 23.1 Å². The molecule has 0 spiro atoms. The van der Waals surface area contributed by atoms with E-state index in [9.17, 15) is 18.0 Å². The summed E-state index contributed by atoms with van der Waals surface area (Å²) in [4.78, 5) is 18.1. The zero-order chi connectivity index (χ0) is 15.6. The van der Waals surface area contributed by atoms with E-state index in [1.54, 1.807) is 0 Å². The van der Waals surface area contributed by atoms with E-state index in [0.717, 1.165) is 12.3 Å². The Kier molecular flexibility index (Phi) is 4.12. The fourth-order valence-electron chi connectivity index (χ4n) is 1.50. The van der Waals surface area contributed by atoms with E-state index in [1.807, 2.05) is 0 Å². The summed E-state index contributed by atoms with van der Waals surface area (Å²) >= 11 is 2.83. The Morgan fingerprint density at radius 2 is 2.00 bits per heavy atom. The molecule has 110 valence electrons. The average molecular weight is 362 g/mol. The first-order valence-corrected chi connectivity index (χ1v) is 6.26. The molecule has 9 heteroatoms. The van der Waals surface area contributed by atoms with E-state index in [0.29, 0.717) is 0 Å². The first kappa shape index (κ1) is 15.2. The third-order valence-corrected chi connectivity index (χ3v) is 3.09. The first-order valence-electron chi connectivity index (χ1n) is 5.46. The second-order valence-corrected chi connectivity index (χ2v) is 4.77. The summed E-state index contributed by atoms with van der Waals surface area (Å²) in [7, 11) is 0. The molecule has 5 nitrogen and oxygen atoms in total. The molecule has 1 aromatic heterocycles. The number of hydrogen-bond acceptors (Lipinski definition) is 4. The largest absolute Gasteiger partial charge is 0.476 e. The minimum atomic E-state index is -4.51. The van der Waals surface area contributed by atoms with Crippen molar-refractivity contribution in [2.24, 2.45) is 0 Å². The molecule has 0 radical (unpaired) electrons. The highest BCUT2D eigenvalue weighted by Gasteiger charge is 2.33. The van der Waals surface area contributed by atoms with Gasteiger partial charge in [0.1, 0.15) is 5.82 Å². The molecule has 0 atom stereocenters. The highest BCUT2D eigenvalue weighted by atomic mass is 79.9. The van der Waals surface area contributed by atoms with Crippen molar-refractivity contribution in [3.8, 4) is 0 Å². The summed E-state index contributed by atoms with van der Waals surface area (Å²) in [5.41, 5.74) is -1.05. The van der Waals surface area contributed by atoms with Gasteiger partial charge in [-0.1, -0.05) is 15.9 Å². The van der Waals surface area contributed by atoms with E-state index >= 15 is 0 Å². The van der Waals surface area contributed by atoms with Crippen molar-refractivity contribution in [2.75, 3.05) is 5.32 Å². The van der Waals surface area contributed by atoms with Gasteiger partial charge < -0.3 is 10.4 Å². The molecule has 0 unspecified atom stereocenters. The lowest BCUT2D eigenvalue weighted by molar-refractivity contribution is -0.138. The van der Waals surface area contributed by atoms with Crippen LogP contribution in [0.4, 0.5) is 24.7 Å². The van der Waals surface area contributed by atoms with Gasteiger partial charge in [0, 0.05) is 10.2 Å². The van der Waals surface area contributed by atoms with Gasteiger partial charge in [0.25, 0.3) is 0 Å². The molecule has 2 N–H and O–H groups in total. The monoisotopic (exact) mass is 361 g/mol. The van der Waals surface area contributed by atoms with E-state index < -0.39 is 17.7 Å². The number of hydrogen-bond donors (Lipinski definition) is 2. The van der Waals surface area contributed by atoms with E-state index in [2.05, 4.69) is 31.2 Å². The van der Waals surface area contributed by atoms with Crippen molar-refractivity contribution in [2.45, 2.75) is 6.18 Å². The van der Waals surface area contributed by atoms with Crippen LogP contribution in [0.15, 0.2) is 35.1 Å². The van der Waals surface area contributed by atoms with Gasteiger partial charge in [0.15, 0.2) is 5.69 Å². The number of carbonyl (C=O) groups is 1. The lowest BCUT2D eigenvalue weighted by Gasteiger charge is -2.12. The fraction of sp³-hybridized carbons (Fsp3) is 0.0833. The Hall–Kier alpha value is -2.16. The minimum Gasteiger partial charge on any atom is -0.476 e. The predicted octanol–water partition coefficient (Wildman–Crippen LogP) is 3.70. The van der Waals surface area contributed by atoms with Gasteiger partial charge in [0.2, 0.25) is 0 Å². The molecule has 0 amide bonds. The summed E-state index contributed by atoms with van der Waals surface area (Å²) in [5, 5.41) is 11.4. The molecule has 0 fully saturated rings. The zero-order valence-electron chi connectivity index (χ0n) is 10.1. The lowest BCUT2D eigenvalue weighted by Crippen LogP contribution is -2.07. The Labute approximate surface area is 125 Å². The first-order chi connectivity index (χ1) is 9.77. The average Bonchev–Trinajstić information content (AvgIpc) is 2.40. The topological polar surface area (TPSA) is 75.1 Å². The molecule has 2 aromatic rings. The fourth-order valence-corrected chi connectivity index (χ4v) is 1.97. The number of aromatic nitrogens is 2. The molecule has 0 aliphatic carbocycles. The van der Waals surface area contributed by atoms with Crippen LogP contribution in [-0.4, -0.2) is 21.0 Å². The number of nitrogens with one attached hydrogen (secondary N) is 1. The van der Waals surface area contributed by atoms with Crippen molar-refractivity contribution in [3.05, 3.63) is 46.3 Å². The molecule has 0 aliphatic rings. The smallest absolute Gasteiger partial charge is 0.417 e. The number of rotatable bonds is 3. The predicted molar refractivity (Wildman–Crippen MR) is 71.4 cm³/mol. The standard InChI is InChI=1S/C12H7BrF3N3O2/c13-8-2-1-6(3-7(8)12(14,15)16)18-10-5-17-4-9(19-10)11(20)21/h1-5H,(H,18,19)(H,20,21). The maximum Gasteiger partial charge on any atom is 0.417 e. The Morgan fingerprint density at radius 1 is 1.29 bits per heavy atom. The van der Waals surface area contributed by atoms with Crippen LogP contribution < -0.4 is 5.32 Å². The van der Waals surface area contributed by atoms with Crippen molar-refractivity contribution in [1.82, 2.24) is 9.97 Å². The summed E-state index contributed by atoms with van der Waals surface area (Å²) in [6.45, 7) is 0. The summed E-state index contributed by atoms with van der Waals surface area (Å²) in [6.07, 6.45) is -2.26. The quantitative estimate of drug-likeness (QED) is 0.871. The van der Waals surface area contributed by atoms with Crippen molar-refractivity contribution in [1.29, 1.82) is 0 Å². The van der Waals surface area contributed by atoms with Gasteiger partial charge in [-0.25, -0.2) is 9.78 Å². The van der Waals surface area contributed by atoms with Crippen LogP contribution in [0.2, 0.25) is 0 Å². The third kappa shape index (κ3) is 3.69. The maximum absolute atomic E-state index is 12.8. The van der Waals surface area contributed by atoms with Gasteiger partial charge in [-0.05, 0) is 18.2 Å². The van der Waals surface area contributed by atoms with Gasteiger partial charge in [0.05, 0.1) is 18.0 Å². The van der Waals surface area contributed by atoms with Crippen LogP contribution in [-0.2, 0) is 6.18 Å². The van der Waals surface area contributed by atoms with Crippen molar-refractivity contribution in [3.63, 3.8) is 0 Å². The molecule has 2 rings (SSSR count). The van der Waals surface area contributed by atoms with Gasteiger partial charge in [-0.2, -0.15) is 13.2 Å². The Bertz CT molecular complexity index is 692. The van der Waals surface area contributed by atoms with E-state index in [1.165, 1.54) is 18.3 Å². The molecule has 1 heterocycles. The van der Waals surface area contributed by atoms with Crippen LogP contribution in [0.25, 0.3) is 0 Å². The van der Waals surface area contributed by atoms with Crippen LogP contribution in [0.3, 0.4) is 0 Å². The van der Waals surface area contributed by atoms with Gasteiger partial charge >= 0.3 is 12.1 Å². The lowest BCUT2D eigenvalue weighted by atomic mass is 10.2. The second-order valence-electron chi connectivity index (χ2n) is 3.91. The Balaban J connectivity index is 2.32. The number of anilines is 2. The number of benzene rings is 1. The third-order valence-electron chi connectivity index (χ3n) is 2.40. The van der Waals surface area contributed by atoms with E-state index in [-0.39, 0.29) is 21.7 Å². The molecule has 21 heavy (non-hydrogen) atoms. The number of carboxylic acids is 1. The van der Waals surface area contributed by atoms with Crippen molar-refractivity contribution >= 4 is 33.4 Å². The number of carboxylic acid groups (broad SMARTS) is 1. The highest BCUT2D eigenvalue weighted by Crippen LogP contribution is 2.36. The van der Waals surface area contributed by atoms with Crippen LogP contribution in [0.5, 0.6) is 0 Å². The number of alkyl halides is 3. The molecule has 0 aliphatic heterocycles. The maximum atomic E-state index is 12.8. The minimum absolute atomic E-state index is 0.0327. The molecule has 1 aromatic carbocycles. The number of aromatic carboxylic acids is 1. The van der Waals surface area contributed by atoms with Crippen LogP contribution in [0, 0.1) is 0 Å². The molecular weight excluding hydrogens is 355 g/mol. The van der Waals surface area contributed by atoms with Crippen LogP contribution in [0.1, 0.15) is 16.1 Å². The van der Waals surface area contributed by atoms with Crippen LogP contribution >= 0.6 is 15.9 Å². The molecular formula is C12H7BrF3N3O2. The normalized spacial score (nSPS) is 11.2. The SMILES string of the molecule is O=C(O)c1cncc(Nc2ccc(Br)c(C(F)(F)F)c2)n1. The second kappa shape index (κ2) is 5.68. The number of halogens is 4. The molecule has 0 saturated heterocycles. The highest BCUT2D eigenvalue weighted by molar-refractivity contribution is 9.10. The summed E-state index contributed by atoms with van der Waals surface area (Å²) in [5.74, 6) is -1.25.